The van der Waals surface area contributed by atoms with E-state index in [2.05, 4.69) is 10.6 Å². The monoisotopic (exact) mass is 238 g/mol. The predicted octanol–water partition coefficient (Wildman–Crippen LogP) is 3.33. The lowest BCUT2D eigenvalue weighted by Crippen LogP contribution is -2.43. The Morgan fingerprint density at radius 2 is 2.00 bits per heavy atom. The fourth-order valence-corrected chi connectivity index (χ4v) is 1.66. The van der Waals surface area contributed by atoms with Crippen molar-refractivity contribution in [3.63, 3.8) is 0 Å². The summed E-state index contributed by atoms with van der Waals surface area (Å²) in [7, 11) is 0. The van der Waals surface area contributed by atoms with E-state index in [9.17, 15) is 4.79 Å². The molecule has 0 saturated heterocycles. The van der Waals surface area contributed by atoms with Crippen LogP contribution in [0.3, 0.4) is 0 Å². The number of hydrogen-bond acceptors (Lipinski definition) is 2. The standard InChI is InChI=1S/C12H18N2OS/c1-12(2,3)14-11(15)13-9-6-5-7-10(8-9)16-4/h5-8H,1-4H3,(H2,13,14,15). The van der Waals surface area contributed by atoms with Crippen molar-refractivity contribution in [2.45, 2.75) is 31.2 Å². The average Bonchev–Trinajstić information content (AvgIpc) is 2.15. The summed E-state index contributed by atoms with van der Waals surface area (Å²) in [6.07, 6.45) is 2.01. The van der Waals surface area contributed by atoms with Gasteiger partial charge in [0, 0.05) is 16.1 Å². The SMILES string of the molecule is CSc1cccc(NC(=O)NC(C)(C)C)c1. The van der Waals surface area contributed by atoms with Gasteiger partial charge < -0.3 is 10.6 Å². The lowest BCUT2D eigenvalue weighted by Gasteiger charge is -2.20. The molecule has 4 heteroatoms. The molecule has 0 aliphatic carbocycles. The molecule has 2 N–H and O–H groups in total. The summed E-state index contributed by atoms with van der Waals surface area (Å²) >= 11 is 1.65. The van der Waals surface area contributed by atoms with E-state index in [1.165, 1.54) is 0 Å². The second-order valence-corrected chi connectivity index (χ2v) is 5.44. The molecule has 16 heavy (non-hydrogen) atoms. The van der Waals surface area contributed by atoms with Gasteiger partial charge in [-0.15, -0.1) is 11.8 Å². The number of urea groups is 1. The Balaban J connectivity index is 2.62. The van der Waals surface area contributed by atoms with Gasteiger partial charge in [-0.2, -0.15) is 0 Å². The number of thioether (sulfide) groups is 1. The van der Waals surface area contributed by atoms with E-state index in [-0.39, 0.29) is 11.6 Å². The molecule has 0 heterocycles. The molecule has 0 aliphatic heterocycles. The van der Waals surface area contributed by atoms with E-state index in [1.807, 2.05) is 51.3 Å². The third kappa shape index (κ3) is 4.57. The fourth-order valence-electron chi connectivity index (χ4n) is 1.20. The maximum absolute atomic E-state index is 11.6. The zero-order chi connectivity index (χ0) is 12.2. The predicted molar refractivity (Wildman–Crippen MR) is 70.1 cm³/mol. The number of hydrogen-bond donors (Lipinski definition) is 2. The van der Waals surface area contributed by atoms with Gasteiger partial charge in [-0.05, 0) is 45.2 Å². The molecule has 1 aromatic carbocycles. The van der Waals surface area contributed by atoms with Crippen molar-refractivity contribution in [3.05, 3.63) is 24.3 Å². The molecule has 0 radical (unpaired) electrons. The molecule has 0 aromatic heterocycles. The van der Waals surface area contributed by atoms with Crippen LogP contribution in [0.4, 0.5) is 10.5 Å². The first-order chi connectivity index (χ1) is 7.40. The molecule has 88 valence electrons. The first-order valence-corrected chi connectivity index (χ1v) is 6.36. The Bertz CT molecular complexity index is 372. The Kier molecular flexibility index (Phi) is 4.24. The maximum Gasteiger partial charge on any atom is 0.319 e. The summed E-state index contributed by atoms with van der Waals surface area (Å²) in [5.74, 6) is 0. The molecule has 0 atom stereocenters. The Morgan fingerprint density at radius 1 is 1.31 bits per heavy atom. The van der Waals surface area contributed by atoms with Gasteiger partial charge in [0.15, 0.2) is 0 Å². The van der Waals surface area contributed by atoms with E-state index in [4.69, 9.17) is 0 Å². The quantitative estimate of drug-likeness (QED) is 0.776. The number of amides is 2. The van der Waals surface area contributed by atoms with E-state index in [0.29, 0.717) is 0 Å². The summed E-state index contributed by atoms with van der Waals surface area (Å²) in [6.45, 7) is 5.85. The van der Waals surface area contributed by atoms with Gasteiger partial charge in [-0.25, -0.2) is 4.79 Å². The van der Waals surface area contributed by atoms with Crippen LogP contribution in [0, 0.1) is 0 Å². The highest BCUT2D eigenvalue weighted by Gasteiger charge is 2.13. The van der Waals surface area contributed by atoms with E-state index < -0.39 is 0 Å². The number of carbonyl (C=O) groups excluding carboxylic acids is 1. The minimum absolute atomic E-state index is 0.175. The van der Waals surface area contributed by atoms with Crippen molar-refractivity contribution < 1.29 is 4.79 Å². The first-order valence-electron chi connectivity index (χ1n) is 5.14. The van der Waals surface area contributed by atoms with E-state index in [0.717, 1.165) is 10.6 Å². The van der Waals surface area contributed by atoms with Crippen molar-refractivity contribution in [3.8, 4) is 0 Å². The lowest BCUT2D eigenvalue weighted by molar-refractivity contribution is 0.244. The van der Waals surface area contributed by atoms with Crippen molar-refractivity contribution >= 4 is 23.5 Å². The van der Waals surface area contributed by atoms with Crippen LogP contribution in [0.2, 0.25) is 0 Å². The number of rotatable bonds is 2. The van der Waals surface area contributed by atoms with Crippen molar-refractivity contribution in [1.82, 2.24) is 5.32 Å². The third-order valence-electron chi connectivity index (χ3n) is 1.82. The fraction of sp³-hybridized carbons (Fsp3) is 0.417. The summed E-state index contributed by atoms with van der Waals surface area (Å²) in [4.78, 5) is 12.7. The highest BCUT2D eigenvalue weighted by Crippen LogP contribution is 2.18. The molecule has 3 nitrogen and oxygen atoms in total. The number of carbonyl (C=O) groups is 1. The maximum atomic E-state index is 11.6. The van der Waals surface area contributed by atoms with Gasteiger partial charge >= 0.3 is 6.03 Å². The largest absolute Gasteiger partial charge is 0.333 e. The van der Waals surface area contributed by atoms with Crippen LogP contribution < -0.4 is 10.6 Å². The average molecular weight is 238 g/mol. The second kappa shape index (κ2) is 5.25. The van der Waals surface area contributed by atoms with Crippen LogP contribution in [-0.4, -0.2) is 17.8 Å². The summed E-state index contributed by atoms with van der Waals surface area (Å²) < 4.78 is 0. The minimum atomic E-state index is -0.221. The first kappa shape index (κ1) is 12.9. The van der Waals surface area contributed by atoms with Crippen LogP contribution >= 0.6 is 11.8 Å². The number of benzene rings is 1. The molecule has 0 unspecified atom stereocenters. The van der Waals surface area contributed by atoms with Gasteiger partial charge in [0.2, 0.25) is 0 Å². The van der Waals surface area contributed by atoms with Crippen LogP contribution in [-0.2, 0) is 0 Å². The summed E-state index contributed by atoms with van der Waals surface area (Å²) in [5.41, 5.74) is 0.592. The Morgan fingerprint density at radius 3 is 2.56 bits per heavy atom. The molecule has 2 amide bonds. The molecule has 0 fully saturated rings. The highest BCUT2D eigenvalue weighted by atomic mass is 32.2. The topological polar surface area (TPSA) is 41.1 Å². The summed E-state index contributed by atoms with van der Waals surface area (Å²) in [5, 5.41) is 5.66. The van der Waals surface area contributed by atoms with Crippen LogP contribution in [0.25, 0.3) is 0 Å². The summed E-state index contributed by atoms with van der Waals surface area (Å²) in [6, 6.07) is 7.59. The van der Waals surface area contributed by atoms with Crippen molar-refractivity contribution in [1.29, 1.82) is 0 Å². The minimum Gasteiger partial charge on any atom is -0.333 e. The number of nitrogens with one attached hydrogen (secondary N) is 2. The normalized spacial score (nSPS) is 11.0. The Labute approximate surface area is 101 Å². The van der Waals surface area contributed by atoms with Gasteiger partial charge in [0.1, 0.15) is 0 Å². The molecule has 0 aliphatic rings. The van der Waals surface area contributed by atoms with Gasteiger partial charge in [0.05, 0.1) is 0 Å². The van der Waals surface area contributed by atoms with Gasteiger partial charge in [-0.3, -0.25) is 0 Å². The zero-order valence-electron chi connectivity index (χ0n) is 10.1. The molecular weight excluding hydrogens is 220 g/mol. The van der Waals surface area contributed by atoms with Crippen LogP contribution in [0.15, 0.2) is 29.2 Å². The molecule has 1 aromatic rings. The lowest BCUT2D eigenvalue weighted by atomic mass is 10.1. The zero-order valence-corrected chi connectivity index (χ0v) is 10.9. The molecular formula is C12H18N2OS. The number of anilines is 1. The van der Waals surface area contributed by atoms with Crippen LogP contribution in [0.5, 0.6) is 0 Å². The molecule has 0 saturated carbocycles. The molecule has 0 bridgehead atoms. The molecule has 1 rings (SSSR count). The van der Waals surface area contributed by atoms with Gasteiger partial charge in [-0.1, -0.05) is 6.07 Å². The third-order valence-corrected chi connectivity index (χ3v) is 2.54. The highest BCUT2D eigenvalue weighted by molar-refractivity contribution is 7.98. The van der Waals surface area contributed by atoms with Crippen LogP contribution in [0.1, 0.15) is 20.8 Å². The second-order valence-electron chi connectivity index (χ2n) is 4.56. The van der Waals surface area contributed by atoms with Crippen molar-refractivity contribution in [2.24, 2.45) is 0 Å². The smallest absolute Gasteiger partial charge is 0.319 e. The van der Waals surface area contributed by atoms with Gasteiger partial charge in [0.25, 0.3) is 0 Å². The van der Waals surface area contributed by atoms with Crippen molar-refractivity contribution in [2.75, 3.05) is 11.6 Å². The Hall–Kier alpha value is -1.16. The van der Waals surface area contributed by atoms with E-state index in [1.54, 1.807) is 11.8 Å². The van der Waals surface area contributed by atoms with E-state index >= 15 is 0 Å². The molecule has 0 spiro atoms.